The number of aromatic carboxylic acids is 1. The number of carboxylic acids is 1. The summed E-state index contributed by atoms with van der Waals surface area (Å²) in [4.78, 5) is 37.7. The molecule has 0 unspecified atom stereocenters. The maximum Gasteiger partial charge on any atom is 0.335 e. The minimum absolute atomic E-state index is 0.113. The summed E-state index contributed by atoms with van der Waals surface area (Å²) in [5, 5.41) is 11.8. The first-order valence-electron chi connectivity index (χ1n) is 9.89. The molecule has 0 saturated heterocycles. The third-order valence-electron chi connectivity index (χ3n) is 5.12. The number of anilines is 1. The number of hydrogen-bond donors (Lipinski definition) is 2. The number of carbonyl (C=O) groups excluding carboxylic acids is 2. The normalized spacial score (nSPS) is 12.2. The van der Waals surface area contributed by atoms with Crippen LogP contribution in [0.25, 0.3) is 6.08 Å². The third kappa shape index (κ3) is 4.73. The minimum atomic E-state index is -1.05. The number of fused-ring (bicyclic) bond motifs is 1. The van der Waals surface area contributed by atoms with Crippen molar-refractivity contribution in [3.63, 3.8) is 0 Å². The maximum absolute atomic E-state index is 13.0. The Morgan fingerprint density at radius 1 is 0.938 bits per heavy atom. The topological polar surface area (TPSA) is 86.7 Å². The smallest absolute Gasteiger partial charge is 0.335 e. The number of carbonyl (C=O) groups is 3. The summed E-state index contributed by atoms with van der Waals surface area (Å²) in [6, 6.07) is 17.0. The zero-order chi connectivity index (χ0) is 22.7. The Morgan fingerprint density at radius 2 is 1.62 bits per heavy atom. The quantitative estimate of drug-likeness (QED) is 0.631. The molecule has 2 amide bonds. The molecule has 0 bridgehead atoms. The van der Waals surface area contributed by atoms with E-state index in [0.717, 1.165) is 11.1 Å². The highest BCUT2D eigenvalue weighted by atomic mass is 19.1. The van der Waals surface area contributed by atoms with Gasteiger partial charge in [-0.2, -0.15) is 0 Å². The lowest BCUT2D eigenvalue weighted by Crippen LogP contribution is -2.27. The first-order valence-corrected chi connectivity index (χ1v) is 9.89. The molecule has 7 heteroatoms. The van der Waals surface area contributed by atoms with Crippen molar-refractivity contribution in [2.24, 2.45) is 0 Å². The summed E-state index contributed by atoms with van der Waals surface area (Å²) in [7, 11) is 0. The van der Waals surface area contributed by atoms with Crippen molar-refractivity contribution in [3.8, 4) is 0 Å². The zero-order valence-electron chi connectivity index (χ0n) is 16.9. The van der Waals surface area contributed by atoms with Crippen LogP contribution in [0.2, 0.25) is 0 Å². The summed E-state index contributed by atoms with van der Waals surface area (Å²) >= 11 is 0. The van der Waals surface area contributed by atoms with Gasteiger partial charge in [0.25, 0.3) is 5.91 Å². The van der Waals surface area contributed by atoms with E-state index in [1.54, 1.807) is 24.4 Å². The van der Waals surface area contributed by atoms with Gasteiger partial charge in [0.05, 0.1) is 18.5 Å². The van der Waals surface area contributed by atoms with Crippen molar-refractivity contribution in [1.82, 2.24) is 4.90 Å². The Balaban J connectivity index is 1.44. The number of nitrogens with one attached hydrogen (secondary N) is 1. The number of hydrogen-bond acceptors (Lipinski definition) is 3. The predicted octanol–water partition coefficient (Wildman–Crippen LogP) is 4.33. The Morgan fingerprint density at radius 3 is 2.31 bits per heavy atom. The first-order chi connectivity index (χ1) is 15.4. The van der Waals surface area contributed by atoms with Crippen LogP contribution < -0.4 is 5.32 Å². The maximum atomic E-state index is 13.0. The van der Waals surface area contributed by atoms with E-state index in [1.165, 1.54) is 41.3 Å². The molecular formula is C25H19FN2O4. The van der Waals surface area contributed by atoms with Crippen LogP contribution >= 0.6 is 0 Å². The number of rotatable bonds is 5. The molecule has 6 nitrogen and oxygen atoms in total. The van der Waals surface area contributed by atoms with Crippen LogP contribution in [0.3, 0.4) is 0 Å². The highest BCUT2D eigenvalue weighted by Crippen LogP contribution is 2.25. The van der Waals surface area contributed by atoms with Crippen LogP contribution in [0, 0.1) is 5.82 Å². The molecule has 0 aromatic heterocycles. The number of amides is 2. The number of nitrogens with zero attached hydrogens (tertiary/aromatic N) is 1. The van der Waals surface area contributed by atoms with E-state index in [9.17, 15) is 18.8 Å². The average Bonchev–Trinajstić information content (AvgIpc) is 2.79. The molecule has 0 saturated carbocycles. The second-order valence-corrected chi connectivity index (χ2v) is 7.40. The highest BCUT2D eigenvalue weighted by molar-refractivity contribution is 5.97. The number of halogens is 1. The molecule has 0 fully saturated rings. The van der Waals surface area contributed by atoms with Crippen LogP contribution in [0.5, 0.6) is 0 Å². The number of carboxylic acid groups (broad SMARTS) is 1. The lowest BCUT2D eigenvalue weighted by atomic mass is 10.0. The lowest BCUT2D eigenvalue weighted by molar-refractivity contribution is -0.115. The molecule has 2 N–H and O–H groups in total. The molecule has 3 aromatic rings. The molecule has 3 aromatic carbocycles. The molecule has 4 rings (SSSR count). The standard InChI is InChI=1S/C25H19FN2O4/c26-21-8-1-16(2-9-21)13-23(29)27-22-10-7-17-11-12-28(15-20(17)14-22)24(30)18-3-5-19(6-4-18)25(31)32/h1-12,14H,13,15H2,(H,27,29)(H,31,32). The Bertz CT molecular complexity index is 1220. The molecule has 1 heterocycles. The van der Waals surface area contributed by atoms with Crippen LogP contribution in [-0.2, 0) is 17.8 Å². The summed E-state index contributed by atoms with van der Waals surface area (Å²) < 4.78 is 13.0. The Hall–Kier alpha value is -4.26. The van der Waals surface area contributed by atoms with E-state index in [-0.39, 0.29) is 29.6 Å². The molecular weight excluding hydrogens is 411 g/mol. The van der Waals surface area contributed by atoms with Gasteiger partial charge in [-0.05, 0) is 71.3 Å². The van der Waals surface area contributed by atoms with E-state index in [4.69, 9.17) is 5.11 Å². The minimum Gasteiger partial charge on any atom is -0.478 e. The SMILES string of the molecule is O=C(Cc1ccc(F)cc1)Nc1ccc2c(c1)CN(C(=O)c1ccc(C(=O)O)cc1)C=C2. The van der Waals surface area contributed by atoms with Gasteiger partial charge in [0, 0.05) is 17.5 Å². The van der Waals surface area contributed by atoms with Crippen molar-refractivity contribution in [2.75, 3.05) is 5.32 Å². The summed E-state index contributed by atoms with van der Waals surface area (Å²) in [6.07, 6.45) is 3.61. The van der Waals surface area contributed by atoms with Gasteiger partial charge in [0.1, 0.15) is 5.82 Å². The van der Waals surface area contributed by atoms with Crippen molar-refractivity contribution < 1.29 is 23.9 Å². The van der Waals surface area contributed by atoms with Crippen molar-refractivity contribution in [3.05, 3.63) is 107 Å². The predicted molar refractivity (Wildman–Crippen MR) is 117 cm³/mol. The molecule has 1 aliphatic heterocycles. The van der Waals surface area contributed by atoms with Crippen LogP contribution in [0.15, 0.2) is 72.9 Å². The second-order valence-electron chi connectivity index (χ2n) is 7.40. The molecule has 160 valence electrons. The molecule has 0 atom stereocenters. The fourth-order valence-electron chi connectivity index (χ4n) is 3.44. The van der Waals surface area contributed by atoms with Gasteiger partial charge < -0.3 is 15.3 Å². The molecule has 0 aliphatic carbocycles. The van der Waals surface area contributed by atoms with Gasteiger partial charge in [0.15, 0.2) is 0 Å². The summed E-state index contributed by atoms with van der Waals surface area (Å²) in [5.41, 5.74) is 3.60. The largest absolute Gasteiger partial charge is 0.478 e. The van der Waals surface area contributed by atoms with E-state index in [2.05, 4.69) is 5.32 Å². The first kappa shape index (κ1) is 21.0. The van der Waals surface area contributed by atoms with Crippen molar-refractivity contribution >= 4 is 29.5 Å². The summed E-state index contributed by atoms with van der Waals surface area (Å²) in [6.45, 7) is 0.313. The fraction of sp³-hybridized carbons (Fsp3) is 0.0800. The Labute approximate surface area is 183 Å². The fourth-order valence-corrected chi connectivity index (χ4v) is 3.44. The van der Waals surface area contributed by atoms with Crippen LogP contribution in [0.1, 0.15) is 37.4 Å². The number of benzene rings is 3. The molecule has 1 aliphatic rings. The van der Waals surface area contributed by atoms with E-state index in [1.807, 2.05) is 18.2 Å². The van der Waals surface area contributed by atoms with E-state index < -0.39 is 5.97 Å². The Kier molecular flexibility index (Phi) is 5.81. The molecule has 32 heavy (non-hydrogen) atoms. The van der Waals surface area contributed by atoms with E-state index in [0.29, 0.717) is 23.4 Å². The summed E-state index contributed by atoms with van der Waals surface area (Å²) in [5.74, 6) is -1.89. The average molecular weight is 430 g/mol. The van der Waals surface area contributed by atoms with Crippen molar-refractivity contribution in [2.45, 2.75) is 13.0 Å². The van der Waals surface area contributed by atoms with Crippen LogP contribution in [-0.4, -0.2) is 27.8 Å². The lowest BCUT2D eigenvalue weighted by Gasteiger charge is -2.24. The highest BCUT2D eigenvalue weighted by Gasteiger charge is 2.19. The molecule has 0 radical (unpaired) electrons. The molecule has 0 spiro atoms. The van der Waals surface area contributed by atoms with Gasteiger partial charge in [-0.15, -0.1) is 0 Å². The third-order valence-corrected chi connectivity index (χ3v) is 5.12. The zero-order valence-corrected chi connectivity index (χ0v) is 16.9. The van der Waals surface area contributed by atoms with Gasteiger partial charge in [-0.1, -0.05) is 18.2 Å². The van der Waals surface area contributed by atoms with Crippen LogP contribution in [0.4, 0.5) is 10.1 Å². The van der Waals surface area contributed by atoms with E-state index >= 15 is 0 Å². The monoisotopic (exact) mass is 430 g/mol. The second kappa shape index (κ2) is 8.85. The van der Waals surface area contributed by atoms with Gasteiger partial charge in [0.2, 0.25) is 5.91 Å². The van der Waals surface area contributed by atoms with Crippen molar-refractivity contribution in [1.29, 1.82) is 0 Å². The van der Waals surface area contributed by atoms with Gasteiger partial charge >= 0.3 is 5.97 Å². The van der Waals surface area contributed by atoms with Gasteiger partial charge in [-0.25, -0.2) is 9.18 Å². The van der Waals surface area contributed by atoms with Gasteiger partial charge in [-0.3, -0.25) is 9.59 Å².